The normalized spacial score (nSPS) is 12.2. The second-order valence-corrected chi connectivity index (χ2v) is 3.61. The third-order valence-corrected chi connectivity index (χ3v) is 2.10. The highest BCUT2D eigenvalue weighted by Crippen LogP contribution is 2.00. The van der Waals surface area contributed by atoms with Crippen molar-refractivity contribution in [2.45, 2.75) is 38.7 Å². The van der Waals surface area contributed by atoms with Gasteiger partial charge in [-0.25, -0.2) is 0 Å². The Balaban J connectivity index is 3.62. The zero-order valence-corrected chi connectivity index (χ0v) is 9.63. The average molecular weight is 237 g/mol. The number of ether oxygens (including phenoxy) is 1. The van der Waals surface area contributed by atoms with E-state index in [4.69, 9.17) is 21.4 Å². The number of alkyl halides is 1. The molecule has 0 rings (SSSR count). The maximum absolute atomic E-state index is 11.1. The molecule has 0 heterocycles. The van der Waals surface area contributed by atoms with Crippen molar-refractivity contribution in [3.63, 3.8) is 0 Å². The van der Waals surface area contributed by atoms with Gasteiger partial charge in [-0.05, 0) is 6.42 Å². The molecule has 0 aromatic rings. The minimum absolute atomic E-state index is 0.00335. The van der Waals surface area contributed by atoms with Crippen LogP contribution >= 0.6 is 11.6 Å². The Bertz CT molecular complexity index is 206. The summed E-state index contributed by atoms with van der Waals surface area (Å²) in [4.78, 5) is 22.2. The molecule has 0 aromatic heterocycles. The first-order valence-electron chi connectivity index (χ1n) is 5.01. The van der Waals surface area contributed by atoms with Crippen LogP contribution in [0.4, 0.5) is 0 Å². The Morgan fingerprint density at radius 2 is 2.13 bits per heavy atom. The molecule has 0 radical (unpaired) electrons. The van der Waals surface area contributed by atoms with Gasteiger partial charge >= 0.3 is 5.97 Å². The Morgan fingerprint density at radius 1 is 1.47 bits per heavy atom. The van der Waals surface area contributed by atoms with E-state index in [1.165, 1.54) is 0 Å². The van der Waals surface area contributed by atoms with Gasteiger partial charge in [-0.3, -0.25) is 9.59 Å². The van der Waals surface area contributed by atoms with E-state index < -0.39 is 12.1 Å². The molecular weight excluding hydrogens is 220 g/mol. The fourth-order valence-corrected chi connectivity index (χ4v) is 1.04. The van der Waals surface area contributed by atoms with Crippen LogP contribution in [0, 0.1) is 0 Å². The Hall–Kier alpha value is -0.610. The molecule has 88 valence electrons. The predicted octanol–water partition coefficient (Wildman–Crippen LogP) is 1.28. The van der Waals surface area contributed by atoms with Crippen LogP contribution in [0.25, 0.3) is 0 Å². The van der Waals surface area contributed by atoms with Crippen LogP contribution in [0.1, 0.15) is 32.6 Å². The van der Waals surface area contributed by atoms with E-state index in [0.29, 0.717) is 6.61 Å². The number of carbonyl (C=O) groups is 2. The van der Waals surface area contributed by atoms with Gasteiger partial charge in [0.05, 0.1) is 12.7 Å². The highest BCUT2D eigenvalue weighted by Gasteiger charge is 2.14. The van der Waals surface area contributed by atoms with Crippen LogP contribution in [0.3, 0.4) is 0 Å². The molecule has 15 heavy (non-hydrogen) atoms. The van der Waals surface area contributed by atoms with Gasteiger partial charge in [0.15, 0.2) is 0 Å². The molecular formula is C10H17ClO4. The number of aliphatic hydroxyl groups excluding tert-OH is 1. The van der Waals surface area contributed by atoms with Crippen molar-refractivity contribution in [2.24, 2.45) is 0 Å². The lowest BCUT2D eigenvalue weighted by atomic mass is 10.1. The monoisotopic (exact) mass is 236 g/mol. The summed E-state index contributed by atoms with van der Waals surface area (Å²) in [6.07, 6.45) is 0.489. The number of Topliss-reactive ketones (excluding diaryl/α,β-unsaturated/α-hetero) is 1. The Morgan fingerprint density at radius 3 is 2.67 bits per heavy atom. The molecule has 0 aliphatic rings. The molecule has 0 unspecified atom stereocenters. The summed E-state index contributed by atoms with van der Waals surface area (Å²) in [6.45, 7) is 2.33. The van der Waals surface area contributed by atoms with Gasteiger partial charge in [0.1, 0.15) is 12.2 Å². The number of aliphatic hydroxyl groups is 1. The summed E-state index contributed by atoms with van der Waals surface area (Å²) in [5.41, 5.74) is 0. The molecule has 0 amide bonds. The minimum atomic E-state index is -0.873. The smallest absolute Gasteiger partial charge is 0.313 e. The lowest BCUT2D eigenvalue weighted by Gasteiger charge is -2.05. The fourth-order valence-electron chi connectivity index (χ4n) is 0.932. The number of rotatable bonds is 8. The van der Waals surface area contributed by atoms with Crippen molar-refractivity contribution in [1.82, 2.24) is 0 Å². The van der Waals surface area contributed by atoms with Crippen molar-refractivity contribution in [1.29, 1.82) is 0 Å². The second kappa shape index (κ2) is 8.68. The highest BCUT2D eigenvalue weighted by molar-refractivity contribution is 6.18. The maximum atomic E-state index is 11.1. The Kier molecular flexibility index (Phi) is 8.33. The number of esters is 1. The molecule has 0 saturated carbocycles. The molecule has 0 spiro atoms. The first-order valence-corrected chi connectivity index (χ1v) is 5.55. The number of carbonyl (C=O) groups excluding carboxylic acids is 2. The van der Waals surface area contributed by atoms with Crippen LogP contribution < -0.4 is 0 Å². The Labute approximate surface area is 94.6 Å². The number of ketones is 1. The molecule has 4 nitrogen and oxygen atoms in total. The lowest BCUT2D eigenvalue weighted by Crippen LogP contribution is -2.18. The van der Waals surface area contributed by atoms with Gasteiger partial charge < -0.3 is 9.84 Å². The van der Waals surface area contributed by atoms with Gasteiger partial charge in [-0.2, -0.15) is 0 Å². The molecule has 0 aromatic carbocycles. The van der Waals surface area contributed by atoms with E-state index in [-0.39, 0.29) is 24.5 Å². The summed E-state index contributed by atoms with van der Waals surface area (Å²) >= 11 is 5.32. The fraction of sp³-hybridized carbons (Fsp3) is 0.800. The predicted molar refractivity (Wildman–Crippen MR) is 56.8 cm³/mol. The molecule has 0 aliphatic carbocycles. The molecule has 0 fully saturated rings. The first kappa shape index (κ1) is 14.4. The lowest BCUT2D eigenvalue weighted by molar-refractivity contribution is -0.146. The molecule has 0 aliphatic heterocycles. The summed E-state index contributed by atoms with van der Waals surface area (Å²) in [7, 11) is 0. The third-order valence-electron chi connectivity index (χ3n) is 1.74. The standard InChI is InChI=1S/C10H17ClO4/c1-2-3-4-15-10(14)6-8(12)5-9(13)7-11/h9,13H,2-7H2,1H3/t9-/m0/s1. The number of unbranched alkanes of at least 4 members (excludes halogenated alkanes) is 1. The summed E-state index contributed by atoms with van der Waals surface area (Å²) in [5, 5.41) is 9.05. The molecule has 1 atom stereocenters. The molecule has 1 N–H and O–H groups in total. The van der Waals surface area contributed by atoms with Crippen molar-refractivity contribution in [3.8, 4) is 0 Å². The van der Waals surface area contributed by atoms with Crippen molar-refractivity contribution >= 4 is 23.4 Å². The topological polar surface area (TPSA) is 63.6 Å². The zero-order chi connectivity index (χ0) is 11.7. The van der Waals surface area contributed by atoms with Gasteiger partial charge in [0.2, 0.25) is 0 Å². The van der Waals surface area contributed by atoms with E-state index >= 15 is 0 Å². The maximum Gasteiger partial charge on any atom is 0.313 e. The summed E-state index contributed by atoms with van der Waals surface area (Å²) in [5.74, 6) is -0.878. The van der Waals surface area contributed by atoms with Gasteiger partial charge in [-0.15, -0.1) is 11.6 Å². The van der Waals surface area contributed by atoms with Crippen LogP contribution in [-0.4, -0.2) is 35.4 Å². The van der Waals surface area contributed by atoms with Gasteiger partial charge in [0.25, 0.3) is 0 Å². The molecule has 0 bridgehead atoms. The highest BCUT2D eigenvalue weighted by atomic mass is 35.5. The van der Waals surface area contributed by atoms with Crippen LogP contribution in [-0.2, 0) is 14.3 Å². The number of hydrogen-bond acceptors (Lipinski definition) is 4. The van der Waals surface area contributed by atoms with Crippen LogP contribution in [0.2, 0.25) is 0 Å². The van der Waals surface area contributed by atoms with Crippen LogP contribution in [0.15, 0.2) is 0 Å². The van der Waals surface area contributed by atoms with Gasteiger partial charge in [-0.1, -0.05) is 13.3 Å². The second-order valence-electron chi connectivity index (χ2n) is 3.30. The van der Waals surface area contributed by atoms with E-state index in [0.717, 1.165) is 12.8 Å². The van der Waals surface area contributed by atoms with E-state index in [1.807, 2.05) is 6.92 Å². The average Bonchev–Trinajstić information content (AvgIpc) is 2.17. The summed E-state index contributed by atoms with van der Waals surface area (Å²) in [6, 6.07) is 0. The van der Waals surface area contributed by atoms with Crippen molar-refractivity contribution in [3.05, 3.63) is 0 Å². The molecule has 0 saturated heterocycles. The molecule has 5 heteroatoms. The van der Waals surface area contributed by atoms with Gasteiger partial charge in [0, 0.05) is 12.3 Å². The van der Waals surface area contributed by atoms with E-state index in [9.17, 15) is 9.59 Å². The number of halogens is 1. The third kappa shape index (κ3) is 8.39. The SMILES string of the molecule is CCCCOC(=O)CC(=O)C[C@H](O)CCl. The minimum Gasteiger partial charge on any atom is -0.465 e. The quantitative estimate of drug-likeness (QED) is 0.298. The zero-order valence-electron chi connectivity index (χ0n) is 8.87. The number of hydrogen-bond donors (Lipinski definition) is 1. The first-order chi connectivity index (χ1) is 7.10. The van der Waals surface area contributed by atoms with E-state index in [2.05, 4.69) is 0 Å². The summed E-state index contributed by atoms with van der Waals surface area (Å²) < 4.78 is 4.79. The van der Waals surface area contributed by atoms with Crippen LogP contribution in [0.5, 0.6) is 0 Å². The van der Waals surface area contributed by atoms with Crippen molar-refractivity contribution < 1.29 is 19.4 Å². The van der Waals surface area contributed by atoms with Crippen molar-refractivity contribution in [2.75, 3.05) is 12.5 Å². The van der Waals surface area contributed by atoms with E-state index in [1.54, 1.807) is 0 Å². The largest absolute Gasteiger partial charge is 0.465 e.